The number of amides is 2. The first kappa shape index (κ1) is 17.4. The summed E-state index contributed by atoms with van der Waals surface area (Å²) in [4.78, 5) is 11.9. The summed E-state index contributed by atoms with van der Waals surface area (Å²) in [5, 5.41) is 17.8. The molecule has 2 aromatic carbocycles. The van der Waals surface area contributed by atoms with Crippen molar-refractivity contribution in [2.45, 2.75) is 26.4 Å². The standard InChI is InChI=1S/C19H22N4O/c1-2-10-21-18-8-6-15(7-9-18)13-22-19(24)23-14-17-5-3-4-16(11-17)12-20/h3-9,11,21H,2,10,13-14H2,1H3,(H2,22,23,24). The maximum Gasteiger partial charge on any atom is 0.315 e. The molecule has 0 fully saturated rings. The number of nitrogens with zero attached hydrogens (tertiary/aromatic N) is 1. The SMILES string of the molecule is CCCNc1ccc(CNC(=O)NCc2cccc(C#N)c2)cc1. The van der Waals surface area contributed by atoms with Crippen LogP contribution in [0.1, 0.15) is 30.0 Å². The van der Waals surface area contributed by atoms with Crippen LogP contribution in [-0.2, 0) is 13.1 Å². The number of anilines is 1. The molecule has 0 aliphatic heterocycles. The Kier molecular flexibility index (Phi) is 6.66. The molecule has 5 nitrogen and oxygen atoms in total. The highest BCUT2D eigenvalue weighted by molar-refractivity contribution is 5.73. The highest BCUT2D eigenvalue weighted by Crippen LogP contribution is 2.09. The Morgan fingerprint density at radius 1 is 1.04 bits per heavy atom. The predicted molar refractivity (Wildman–Crippen MR) is 95.5 cm³/mol. The first-order chi connectivity index (χ1) is 11.7. The molecule has 0 atom stereocenters. The zero-order valence-electron chi connectivity index (χ0n) is 13.8. The fourth-order valence-corrected chi connectivity index (χ4v) is 2.19. The molecule has 0 aliphatic carbocycles. The van der Waals surface area contributed by atoms with E-state index < -0.39 is 0 Å². The highest BCUT2D eigenvalue weighted by Gasteiger charge is 2.02. The van der Waals surface area contributed by atoms with Crippen LogP contribution < -0.4 is 16.0 Å². The minimum Gasteiger partial charge on any atom is -0.385 e. The molecule has 5 heteroatoms. The van der Waals surface area contributed by atoms with Crippen molar-refractivity contribution in [3.8, 4) is 6.07 Å². The van der Waals surface area contributed by atoms with E-state index in [9.17, 15) is 4.79 Å². The van der Waals surface area contributed by atoms with Gasteiger partial charge in [-0.05, 0) is 41.8 Å². The largest absolute Gasteiger partial charge is 0.385 e. The number of nitriles is 1. The van der Waals surface area contributed by atoms with Gasteiger partial charge < -0.3 is 16.0 Å². The lowest BCUT2D eigenvalue weighted by Crippen LogP contribution is -2.34. The van der Waals surface area contributed by atoms with Crippen molar-refractivity contribution < 1.29 is 4.79 Å². The number of urea groups is 1. The normalized spacial score (nSPS) is 9.83. The van der Waals surface area contributed by atoms with Gasteiger partial charge in [0.05, 0.1) is 11.6 Å². The van der Waals surface area contributed by atoms with Gasteiger partial charge in [-0.2, -0.15) is 5.26 Å². The van der Waals surface area contributed by atoms with Crippen LogP contribution in [0.25, 0.3) is 0 Å². The molecule has 24 heavy (non-hydrogen) atoms. The van der Waals surface area contributed by atoms with Crippen molar-refractivity contribution in [1.82, 2.24) is 10.6 Å². The summed E-state index contributed by atoms with van der Waals surface area (Å²) in [5.41, 5.74) is 3.61. The third-order valence-corrected chi connectivity index (χ3v) is 3.50. The van der Waals surface area contributed by atoms with Crippen molar-refractivity contribution in [3.05, 3.63) is 65.2 Å². The maximum atomic E-state index is 11.9. The molecule has 0 spiro atoms. The number of carbonyl (C=O) groups excluding carboxylic acids is 1. The average molecular weight is 322 g/mol. The highest BCUT2D eigenvalue weighted by atomic mass is 16.2. The quantitative estimate of drug-likeness (QED) is 0.731. The van der Waals surface area contributed by atoms with E-state index >= 15 is 0 Å². The minimum absolute atomic E-state index is 0.231. The monoisotopic (exact) mass is 322 g/mol. The first-order valence-corrected chi connectivity index (χ1v) is 8.05. The van der Waals surface area contributed by atoms with Gasteiger partial charge in [0.1, 0.15) is 0 Å². The van der Waals surface area contributed by atoms with Crippen LogP contribution in [0.3, 0.4) is 0 Å². The molecule has 0 radical (unpaired) electrons. The van der Waals surface area contributed by atoms with Gasteiger partial charge >= 0.3 is 6.03 Å². The van der Waals surface area contributed by atoms with Crippen LogP contribution in [-0.4, -0.2) is 12.6 Å². The van der Waals surface area contributed by atoms with Crippen LogP contribution >= 0.6 is 0 Å². The van der Waals surface area contributed by atoms with Crippen molar-refractivity contribution in [3.63, 3.8) is 0 Å². The molecule has 0 bridgehead atoms. The molecule has 2 rings (SSSR count). The number of benzene rings is 2. The van der Waals surface area contributed by atoms with Crippen LogP contribution in [0.15, 0.2) is 48.5 Å². The number of nitrogens with one attached hydrogen (secondary N) is 3. The summed E-state index contributed by atoms with van der Waals surface area (Å²) < 4.78 is 0. The van der Waals surface area contributed by atoms with Crippen molar-refractivity contribution in [2.24, 2.45) is 0 Å². The number of hydrogen-bond donors (Lipinski definition) is 3. The average Bonchev–Trinajstić information content (AvgIpc) is 2.64. The van der Waals surface area contributed by atoms with Gasteiger partial charge in [-0.15, -0.1) is 0 Å². The van der Waals surface area contributed by atoms with E-state index in [1.54, 1.807) is 12.1 Å². The molecule has 0 saturated carbocycles. The molecule has 0 aliphatic rings. The van der Waals surface area contributed by atoms with E-state index in [0.29, 0.717) is 18.7 Å². The Bertz CT molecular complexity index is 704. The summed E-state index contributed by atoms with van der Waals surface area (Å²) in [6.07, 6.45) is 1.08. The maximum absolute atomic E-state index is 11.9. The smallest absolute Gasteiger partial charge is 0.315 e. The second-order valence-corrected chi connectivity index (χ2v) is 5.47. The molecule has 0 saturated heterocycles. The third-order valence-electron chi connectivity index (χ3n) is 3.50. The van der Waals surface area contributed by atoms with E-state index in [0.717, 1.165) is 29.8 Å². The second-order valence-electron chi connectivity index (χ2n) is 5.47. The Hall–Kier alpha value is -3.00. The van der Waals surface area contributed by atoms with Gasteiger partial charge in [0.15, 0.2) is 0 Å². The van der Waals surface area contributed by atoms with Gasteiger partial charge in [0.2, 0.25) is 0 Å². The minimum atomic E-state index is -0.231. The van der Waals surface area contributed by atoms with Crippen molar-refractivity contribution in [1.29, 1.82) is 5.26 Å². The van der Waals surface area contributed by atoms with Gasteiger partial charge in [-0.25, -0.2) is 4.79 Å². The fourth-order valence-electron chi connectivity index (χ4n) is 2.19. The lowest BCUT2D eigenvalue weighted by atomic mass is 10.1. The zero-order chi connectivity index (χ0) is 17.2. The van der Waals surface area contributed by atoms with E-state index in [2.05, 4.69) is 28.9 Å². The molecule has 124 valence electrons. The van der Waals surface area contributed by atoms with Crippen LogP contribution in [0.2, 0.25) is 0 Å². The van der Waals surface area contributed by atoms with E-state index in [4.69, 9.17) is 5.26 Å². The Morgan fingerprint density at radius 3 is 2.42 bits per heavy atom. The molecule has 0 aromatic heterocycles. The van der Waals surface area contributed by atoms with Crippen LogP contribution in [0.5, 0.6) is 0 Å². The van der Waals surface area contributed by atoms with E-state index in [-0.39, 0.29) is 6.03 Å². The van der Waals surface area contributed by atoms with Gasteiger partial charge in [-0.1, -0.05) is 31.2 Å². The summed E-state index contributed by atoms with van der Waals surface area (Å²) in [7, 11) is 0. The molecule has 2 aromatic rings. The lowest BCUT2D eigenvalue weighted by Gasteiger charge is -2.09. The van der Waals surface area contributed by atoms with E-state index in [1.807, 2.05) is 36.4 Å². The topological polar surface area (TPSA) is 76.9 Å². The lowest BCUT2D eigenvalue weighted by molar-refractivity contribution is 0.240. The van der Waals surface area contributed by atoms with E-state index in [1.165, 1.54) is 0 Å². The van der Waals surface area contributed by atoms with Gasteiger partial charge in [0.25, 0.3) is 0 Å². The Labute approximate surface area is 142 Å². The second kappa shape index (κ2) is 9.21. The molecular formula is C19H22N4O. The third kappa shape index (κ3) is 5.65. The number of rotatable bonds is 7. The Morgan fingerprint density at radius 2 is 1.75 bits per heavy atom. The first-order valence-electron chi connectivity index (χ1n) is 8.05. The zero-order valence-corrected chi connectivity index (χ0v) is 13.8. The molecule has 3 N–H and O–H groups in total. The predicted octanol–water partition coefficient (Wildman–Crippen LogP) is 3.38. The van der Waals surface area contributed by atoms with Crippen LogP contribution in [0, 0.1) is 11.3 Å². The number of hydrogen-bond acceptors (Lipinski definition) is 3. The van der Waals surface area contributed by atoms with Gasteiger partial charge in [-0.3, -0.25) is 0 Å². The fraction of sp³-hybridized carbons (Fsp3) is 0.263. The molecule has 0 heterocycles. The summed E-state index contributed by atoms with van der Waals surface area (Å²) in [6, 6.07) is 17.1. The number of carbonyl (C=O) groups is 1. The summed E-state index contributed by atoms with van der Waals surface area (Å²) in [6.45, 7) is 3.94. The van der Waals surface area contributed by atoms with Gasteiger partial charge in [0, 0.05) is 25.3 Å². The molecule has 2 amide bonds. The molecular weight excluding hydrogens is 300 g/mol. The van der Waals surface area contributed by atoms with Crippen molar-refractivity contribution in [2.75, 3.05) is 11.9 Å². The van der Waals surface area contributed by atoms with Crippen molar-refractivity contribution >= 4 is 11.7 Å². The summed E-state index contributed by atoms with van der Waals surface area (Å²) in [5.74, 6) is 0. The molecule has 0 unspecified atom stereocenters. The summed E-state index contributed by atoms with van der Waals surface area (Å²) >= 11 is 0. The Balaban J connectivity index is 1.75. The van der Waals surface area contributed by atoms with Crippen LogP contribution in [0.4, 0.5) is 10.5 Å².